The molecule has 0 saturated heterocycles. The predicted molar refractivity (Wildman–Crippen MR) is 215 cm³/mol. The molecule has 9 heteroatoms. The van der Waals surface area contributed by atoms with E-state index in [1.807, 2.05) is 0 Å². The van der Waals surface area contributed by atoms with Gasteiger partial charge in [0, 0.05) is 19.6 Å². The number of phosphoric acid groups is 1. The summed E-state index contributed by atoms with van der Waals surface area (Å²) in [5.41, 5.74) is 5.37. The number of rotatable bonds is 43. The van der Waals surface area contributed by atoms with Crippen LogP contribution in [0.2, 0.25) is 0 Å². The van der Waals surface area contributed by atoms with Crippen LogP contribution in [-0.4, -0.2) is 49.9 Å². The molecule has 1 unspecified atom stereocenters. The largest absolute Gasteiger partial charge is 0.472 e. The van der Waals surface area contributed by atoms with Crippen LogP contribution in [0.4, 0.5) is 0 Å². The van der Waals surface area contributed by atoms with Crippen molar-refractivity contribution in [2.45, 2.75) is 232 Å². The van der Waals surface area contributed by atoms with E-state index in [1.165, 1.54) is 173 Å². The molecular formula is C42H86NO7P. The van der Waals surface area contributed by atoms with Gasteiger partial charge in [0.15, 0.2) is 0 Å². The Labute approximate surface area is 316 Å². The molecule has 0 aromatic heterocycles. The van der Waals surface area contributed by atoms with Crippen LogP contribution in [0.3, 0.4) is 0 Å². The number of carbonyl (C=O) groups is 1. The van der Waals surface area contributed by atoms with Gasteiger partial charge in [0.25, 0.3) is 0 Å². The van der Waals surface area contributed by atoms with Gasteiger partial charge >= 0.3 is 13.8 Å². The molecule has 0 bridgehead atoms. The molecule has 3 N–H and O–H groups in total. The lowest BCUT2D eigenvalue weighted by atomic mass is 10.0. The second-order valence-corrected chi connectivity index (χ2v) is 16.4. The van der Waals surface area contributed by atoms with Gasteiger partial charge in [0.1, 0.15) is 6.10 Å². The third-order valence-corrected chi connectivity index (χ3v) is 10.8. The van der Waals surface area contributed by atoms with Crippen LogP contribution < -0.4 is 5.73 Å². The van der Waals surface area contributed by atoms with Crippen LogP contribution in [0.25, 0.3) is 0 Å². The van der Waals surface area contributed by atoms with E-state index in [0.717, 1.165) is 32.1 Å². The Kier molecular flexibility index (Phi) is 40.3. The number of carbonyl (C=O) groups excluding carboxylic acids is 1. The van der Waals surface area contributed by atoms with Crippen LogP contribution in [0.5, 0.6) is 0 Å². The average Bonchev–Trinajstić information content (AvgIpc) is 3.12. The standard InChI is InChI=1S/C42H86NO7P/c1-3-5-7-9-11-13-15-17-19-20-21-22-23-25-27-29-31-33-35-42(44)50-41(40-49-51(45,46)48-38-36-43)39-47-37-34-32-30-28-26-24-18-16-14-12-10-8-6-4-2/h41H,3-40,43H2,1-2H3,(H,45,46)/t41-/m1/s1. The fraction of sp³-hybridized carbons (Fsp3) is 0.976. The molecule has 0 radical (unpaired) electrons. The summed E-state index contributed by atoms with van der Waals surface area (Å²) in [6, 6.07) is 0. The Morgan fingerprint density at radius 2 is 0.863 bits per heavy atom. The molecular weight excluding hydrogens is 661 g/mol. The van der Waals surface area contributed by atoms with Crippen LogP contribution in [-0.2, 0) is 27.9 Å². The highest BCUT2D eigenvalue weighted by Crippen LogP contribution is 2.43. The van der Waals surface area contributed by atoms with Crippen LogP contribution in [0.15, 0.2) is 0 Å². The van der Waals surface area contributed by atoms with Crippen molar-refractivity contribution in [2.75, 3.05) is 33.0 Å². The Balaban J connectivity index is 3.96. The van der Waals surface area contributed by atoms with E-state index in [0.29, 0.717) is 13.0 Å². The molecule has 2 atom stereocenters. The molecule has 0 spiro atoms. The summed E-state index contributed by atoms with van der Waals surface area (Å²) < 4.78 is 33.4. The zero-order chi connectivity index (χ0) is 37.4. The molecule has 0 saturated carbocycles. The highest BCUT2D eigenvalue weighted by atomic mass is 31.2. The first-order chi connectivity index (χ1) is 24.9. The molecule has 0 rings (SSSR count). The topological polar surface area (TPSA) is 117 Å². The summed E-state index contributed by atoms with van der Waals surface area (Å²) >= 11 is 0. The van der Waals surface area contributed by atoms with E-state index in [4.69, 9.17) is 24.3 Å². The zero-order valence-corrected chi connectivity index (χ0v) is 34.8. The maximum Gasteiger partial charge on any atom is 0.472 e. The molecule has 0 aromatic carbocycles. The van der Waals surface area contributed by atoms with Gasteiger partial charge in [-0.25, -0.2) is 4.57 Å². The maximum absolute atomic E-state index is 12.6. The van der Waals surface area contributed by atoms with Crippen molar-refractivity contribution in [2.24, 2.45) is 5.73 Å². The van der Waals surface area contributed by atoms with E-state index in [2.05, 4.69) is 13.8 Å². The summed E-state index contributed by atoms with van der Waals surface area (Å²) in [5.74, 6) is -0.323. The van der Waals surface area contributed by atoms with E-state index in [-0.39, 0.29) is 32.3 Å². The summed E-state index contributed by atoms with van der Waals surface area (Å²) in [5, 5.41) is 0. The number of unbranched alkanes of at least 4 members (excludes halogenated alkanes) is 30. The van der Waals surface area contributed by atoms with Crippen LogP contribution in [0, 0.1) is 0 Å². The van der Waals surface area contributed by atoms with Crippen molar-refractivity contribution in [3.05, 3.63) is 0 Å². The Bertz CT molecular complexity index is 757. The number of hydrogen-bond donors (Lipinski definition) is 2. The van der Waals surface area contributed by atoms with Gasteiger partial charge in [-0.15, -0.1) is 0 Å². The molecule has 0 aromatic rings. The first kappa shape index (κ1) is 50.5. The van der Waals surface area contributed by atoms with Gasteiger partial charge in [-0.2, -0.15) is 0 Å². The number of ether oxygens (including phenoxy) is 2. The summed E-state index contributed by atoms with van der Waals surface area (Å²) in [7, 11) is -4.27. The molecule has 0 amide bonds. The molecule has 0 aliphatic rings. The van der Waals surface area contributed by atoms with Crippen LogP contribution in [0.1, 0.15) is 226 Å². The maximum atomic E-state index is 12.6. The van der Waals surface area contributed by atoms with E-state index in [9.17, 15) is 14.3 Å². The van der Waals surface area contributed by atoms with E-state index < -0.39 is 13.9 Å². The first-order valence-electron chi connectivity index (χ1n) is 22.0. The second-order valence-electron chi connectivity index (χ2n) is 14.9. The molecule has 0 aliphatic carbocycles. The molecule has 306 valence electrons. The number of esters is 1. The van der Waals surface area contributed by atoms with E-state index >= 15 is 0 Å². The third-order valence-electron chi connectivity index (χ3n) is 9.77. The quantitative estimate of drug-likeness (QED) is 0.0360. The minimum atomic E-state index is -4.27. The molecule has 8 nitrogen and oxygen atoms in total. The normalized spacial score (nSPS) is 13.4. The van der Waals surface area contributed by atoms with Gasteiger partial charge in [-0.1, -0.05) is 206 Å². The lowest BCUT2D eigenvalue weighted by molar-refractivity contribution is -0.154. The second kappa shape index (κ2) is 40.7. The minimum absolute atomic E-state index is 0.0901. The fourth-order valence-corrected chi connectivity index (χ4v) is 7.29. The lowest BCUT2D eigenvalue weighted by Gasteiger charge is -2.20. The summed E-state index contributed by atoms with van der Waals surface area (Å²) in [4.78, 5) is 22.5. The zero-order valence-electron chi connectivity index (χ0n) is 33.9. The number of phosphoric ester groups is 1. The third kappa shape index (κ3) is 40.5. The fourth-order valence-electron chi connectivity index (χ4n) is 6.53. The number of hydrogen-bond acceptors (Lipinski definition) is 7. The van der Waals surface area contributed by atoms with Crippen LogP contribution >= 0.6 is 7.82 Å². The molecule has 0 fully saturated rings. The molecule has 0 heterocycles. The smallest absolute Gasteiger partial charge is 0.457 e. The Morgan fingerprint density at radius 3 is 1.24 bits per heavy atom. The first-order valence-corrected chi connectivity index (χ1v) is 23.5. The molecule has 0 aliphatic heterocycles. The van der Waals surface area contributed by atoms with Gasteiger partial charge in [-0.05, 0) is 12.8 Å². The predicted octanol–water partition coefficient (Wildman–Crippen LogP) is 12.9. The van der Waals surface area contributed by atoms with Crippen molar-refractivity contribution >= 4 is 13.8 Å². The van der Waals surface area contributed by atoms with Gasteiger partial charge in [0.05, 0.1) is 19.8 Å². The highest BCUT2D eigenvalue weighted by molar-refractivity contribution is 7.47. The van der Waals surface area contributed by atoms with Gasteiger partial charge < -0.3 is 20.1 Å². The minimum Gasteiger partial charge on any atom is -0.457 e. The highest BCUT2D eigenvalue weighted by Gasteiger charge is 2.25. The monoisotopic (exact) mass is 748 g/mol. The van der Waals surface area contributed by atoms with Crippen molar-refractivity contribution in [3.8, 4) is 0 Å². The van der Waals surface area contributed by atoms with E-state index in [1.54, 1.807) is 0 Å². The SMILES string of the molecule is CCCCCCCCCCCCCCCCCCCCC(=O)O[C@H](COCCCCCCCCCCCCCCCC)COP(=O)(O)OCCN. The average molecular weight is 748 g/mol. The van der Waals surface area contributed by atoms with Crippen molar-refractivity contribution in [3.63, 3.8) is 0 Å². The van der Waals surface area contributed by atoms with Crippen molar-refractivity contribution in [1.29, 1.82) is 0 Å². The van der Waals surface area contributed by atoms with Gasteiger partial charge in [0.2, 0.25) is 0 Å². The van der Waals surface area contributed by atoms with Crippen molar-refractivity contribution < 1.29 is 32.8 Å². The number of nitrogens with two attached hydrogens (primary N) is 1. The Hall–Kier alpha value is -0.500. The molecule has 51 heavy (non-hydrogen) atoms. The van der Waals surface area contributed by atoms with Crippen molar-refractivity contribution in [1.82, 2.24) is 0 Å². The van der Waals surface area contributed by atoms with Gasteiger partial charge in [-0.3, -0.25) is 13.8 Å². The summed E-state index contributed by atoms with van der Waals surface area (Å²) in [6.07, 6.45) is 41.1. The summed E-state index contributed by atoms with van der Waals surface area (Å²) in [6.45, 7) is 4.98. The lowest BCUT2D eigenvalue weighted by Crippen LogP contribution is -2.28. The Morgan fingerprint density at radius 1 is 0.510 bits per heavy atom.